The van der Waals surface area contributed by atoms with E-state index < -0.39 is 0 Å². The van der Waals surface area contributed by atoms with E-state index >= 15 is 0 Å². The van der Waals surface area contributed by atoms with Crippen molar-refractivity contribution in [2.75, 3.05) is 13.1 Å². The number of para-hydroxylation sites is 2. The average molecular weight is 377 g/mol. The summed E-state index contributed by atoms with van der Waals surface area (Å²) in [5.41, 5.74) is 1.87. The van der Waals surface area contributed by atoms with Crippen LogP contribution in [0.1, 0.15) is 29.5 Å². The lowest BCUT2D eigenvalue weighted by atomic mass is 9.98. The van der Waals surface area contributed by atoms with Gasteiger partial charge in [0.05, 0.1) is 3.79 Å². The van der Waals surface area contributed by atoms with Crippen molar-refractivity contribution in [2.45, 2.75) is 25.3 Å². The van der Waals surface area contributed by atoms with E-state index in [4.69, 9.17) is 4.42 Å². The smallest absolute Gasteiger partial charge is 0.199 e. The van der Waals surface area contributed by atoms with E-state index in [0.29, 0.717) is 5.92 Å². The number of halogens is 1. The zero-order valence-electron chi connectivity index (χ0n) is 12.2. The second-order valence-electron chi connectivity index (χ2n) is 5.80. The molecular weight excluding hydrogens is 360 g/mol. The largest absolute Gasteiger partial charge is 0.440 e. The summed E-state index contributed by atoms with van der Waals surface area (Å²) in [4.78, 5) is 8.61. The van der Waals surface area contributed by atoms with Gasteiger partial charge in [-0.25, -0.2) is 4.98 Å². The van der Waals surface area contributed by atoms with E-state index in [-0.39, 0.29) is 0 Å². The van der Waals surface area contributed by atoms with Crippen molar-refractivity contribution in [3.8, 4) is 0 Å². The fourth-order valence-electron chi connectivity index (χ4n) is 3.12. The molecule has 2 aromatic heterocycles. The molecule has 0 saturated carbocycles. The molecule has 0 bridgehead atoms. The average Bonchev–Trinajstić information content (AvgIpc) is 3.13. The fourth-order valence-corrected chi connectivity index (χ4v) is 4.65. The van der Waals surface area contributed by atoms with Gasteiger partial charge in [-0.1, -0.05) is 12.1 Å². The summed E-state index contributed by atoms with van der Waals surface area (Å²) < 4.78 is 7.17. The number of rotatable bonds is 3. The number of aromatic nitrogens is 1. The maximum Gasteiger partial charge on any atom is 0.199 e. The van der Waals surface area contributed by atoms with Gasteiger partial charge < -0.3 is 4.42 Å². The number of likely N-dealkylation sites (tertiary alicyclic amines) is 1. The predicted molar refractivity (Wildman–Crippen MR) is 93.3 cm³/mol. The van der Waals surface area contributed by atoms with Crippen LogP contribution in [0.15, 0.2) is 44.6 Å². The molecule has 0 amide bonds. The van der Waals surface area contributed by atoms with Crippen LogP contribution >= 0.6 is 27.3 Å². The first-order valence-electron chi connectivity index (χ1n) is 7.60. The highest BCUT2D eigenvalue weighted by Crippen LogP contribution is 2.31. The van der Waals surface area contributed by atoms with Gasteiger partial charge in [0.2, 0.25) is 0 Å². The molecule has 5 heteroatoms. The molecule has 1 unspecified atom stereocenters. The van der Waals surface area contributed by atoms with Crippen molar-refractivity contribution < 1.29 is 4.42 Å². The van der Waals surface area contributed by atoms with E-state index in [9.17, 15) is 0 Å². The standard InChI is InChI=1S/C17H17BrN2OS/c18-16-8-7-13(22-16)11-20-9-3-4-12(10-20)17-19-14-5-1-2-6-15(14)21-17/h1-2,5-8,12H,3-4,9-11H2. The lowest BCUT2D eigenvalue weighted by Crippen LogP contribution is -2.33. The number of fused-ring (bicyclic) bond motifs is 1. The second-order valence-corrected chi connectivity index (χ2v) is 8.35. The molecule has 1 saturated heterocycles. The highest BCUT2D eigenvalue weighted by atomic mass is 79.9. The highest BCUT2D eigenvalue weighted by molar-refractivity contribution is 9.11. The van der Waals surface area contributed by atoms with Crippen LogP contribution in [0.5, 0.6) is 0 Å². The number of hydrogen-bond donors (Lipinski definition) is 0. The van der Waals surface area contributed by atoms with Crippen LogP contribution < -0.4 is 0 Å². The first-order valence-corrected chi connectivity index (χ1v) is 9.21. The topological polar surface area (TPSA) is 29.3 Å². The van der Waals surface area contributed by atoms with Crippen LogP contribution in [-0.4, -0.2) is 23.0 Å². The number of thiophene rings is 1. The summed E-state index contributed by atoms with van der Waals surface area (Å²) in [5.74, 6) is 1.31. The molecule has 1 aliphatic heterocycles. The van der Waals surface area contributed by atoms with Crippen molar-refractivity contribution in [3.63, 3.8) is 0 Å². The molecule has 1 fully saturated rings. The molecular formula is C17H17BrN2OS. The van der Waals surface area contributed by atoms with Crippen molar-refractivity contribution in [3.05, 3.63) is 51.0 Å². The van der Waals surface area contributed by atoms with Gasteiger partial charge in [-0.15, -0.1) is 11.3 Å². The minimum Gasteiger partial charge on any atom is -0.440 e. The Labute approximate surface area is 142 Å². The normalized spacial score (nSPS) is 19.8. The van der Waals surface area contributed by atoms with Gasteiger partial charge in [-0.2, -0.15) is 0 Å². The summed E-state index contributed by atoms with van der Waals surface area (Å²) in [6, 6.07) is 12.4. The maximum atomic E-state index is 5.97. The van der Waals surface area contributed by atoms with Gasteiger partial charge in [0.15, 0.2) is 11.5 Å². The third kappa shape index (κ3) is 2.98. The van der Waals surface area contributed by atoms with Gasteiger partial charge in [0, 0.05) is 23.9 Å². The van der Waals surface area contributed by atoms with Crippen LogP contribution in [0.4, 0.5) is 0 Å². The number of benzene rings is 1. The number of nitrogens with zero attached hydrogens (tertiary/aromatic N) is 2. The molecule has 114 valence electrons. The number of piperidine rings is 1. The van der Waals surface area contributed by atoms with Crippen LogP contribution in [0, 0.1) is 0 Å². The van der Waals surface area contributed by atoms with E-state index in [1.54, 1.807) is 0 Å². The van der Waals surface area contributed by atoms with Crippen molar-refractivity contribution >= 4 is 38.4 Å². The summed E-state index contributed by atoms with van der Waals surface area (Å²) >= 11 is 5.36. The van der Waals surface area contributed by atoms with E-state index in [1.807, 2.05) is 35.6 Å². The van der Waals surface area contributed by atoms with Gasteiger partial charge in [-0.05, 0) is 59.6 Å². The summed E-state index contributed by atoms with van der Waals surface area (Å²) in [6.07, 6.45) is 2.37. The minimum atomic E-state index is 0.407. The third-order valence-electron chi connectivity index (χ3n) is 4.17. The van der Waals surface area contributed by atoms with Gasteiger partial charge in [0.25, 0.3) is 0 Å². The molecule has 0 radical (unpaired) electrons. The molecule has 3 nitrogen and oxygen atoms in total. The highest BCUT2D eigenvalue weighted by Gasteiger charge is 2.25. The molecule has 0 N–H and O–H groups in total. The summed E-state index contributed by atoms with van der Waals surface area (Å²) in [5, 5.41) is 0. The summed E-state index contributed by atoms with van der Waals surface area (Å²) in [7, 11) is 0. The van der Waals surface area contributed by atoms with E-state index in [0.717, 1.165) is 43.0 Å². The van der Waals surface area contributed by atoms with Crippen molar-refractivity contribution in [2.24, 2.45) is 0 Å². The minimum absolute atomic E-state index is 0.407. The van der Waals surface area contributed by atoms with Gasteiger partial charge in [-0.3, -0.25) is 4.90 Å². The molecule has 0 spiro atoms. The Hall–Kier alpha value is -1.17. The Morgan fingerprint density at radius 3 is 3.00 bits per heavy atom. The van der Waals surface area contributed by atoms with Crippen molar-refractivity contribution in [1.82, 2.24) is 9.88 Å². The quantitative estimate of drug-likeness (QED) is 0.641. The zero-order valence-corrected chi connectivity index (χ0v) is 14.6. The lowest BCUT2D eigenvalue weighted by Gasteiger charge is -2.30. The summed E-state index contributed by atoms with van der Waals surface area (Å²) in [6.45, 7) is 3.21. The molecule has 22 heavy (non-hydrogen) atoms. The monoisotopic (exact) mass is 376 g/mol. The maximum absolute atomic E-state index is 5.97. The Morgan fingerprint density at radius 1 is 1.27 bits per heavy atom. The first-order chi connectivity index (χ1) is 10.8. The molecule has 3 aromatic rings. The second kappa shape index (κ2) is 6.14. The Morgan fingerprint density at radius 2 is 2.18 bits per heavy atom. The zero-order chi connectivity index (χ0) is 14.9. The SMILES string of the molecule is Brc1ccc(CN2CCCC(c3nc4ccccc4o3)C2)s1. The Bertz CT molecular complexity index is 749. The molecule has 3 heterocycles. The van der Waals surface area contributed by atoms with E-state index in [2.05, 4.69) is 37.9 Å². The van der Waals surface area contributed by atoms with Crippen LogP contribution in [-0.2, 0) is 6.54 Å². The molecule has 0 aliphatic carbocycles. The molecule has 4 rings (SSSR count). The molecule has 1 atom stereocenters. The van der Waals surface area contributed by atoms with Crippen LogP contribution in [0.25, 0.3) is 11.1 Å². The first kappa shape index (κ1) is 14.4. The number of oxazole rings is 1. The van der Waals surface area contributed by atoms with Gasteiger partial charge >= 0.3 is 0 Å². The molecule has 1 aliphatic rings. The Kier molecular flexibility index (Phi) is 4.03. The van der Waals surface area contributed by atoms with E-state index in [1.165, 1.54) is 15.1 Å². The fraction of sp³-hybridized carbons (Fsp3) is 0.353. The Balaban J connectivity index is 1.50. The third-order valence-corrected chi connectivity index (χ3v) is 5.78. The van der Waals surface area contributed by atoms with Crippen molar-refractivity contribution in [1.29, 1.82) is 0 Å². The van der Waals surface area contributed by atoms with Crippen LogP contribution in [0.2, 0.25) is 0 Å². The van der Waals surface area contributed by atoms with Gasteiger partial charge in [0.1, 0.15) is 5.52 Å². The molecule has 1 aromatic carbocycles. The predicted octanol–water partition coefficient (Wildman–Crippen LogP) is 5.03. The lowest BCUT2D eigenvalue weighted by molar-refractivity contribution is 0.188. The number of hydrogen-bond acceptors (Lipinski definition) is 4. The van der Waals surface area contributed by atoms with Crippen LogP contribution in [0.3, 0.4) is 0 Å².